The van der Waals surface area contributed by atoms with E-state index >= 15 is 0 Å². The second kappa shape index (κ2) is 13.8. The Balaban J connectivity index is 2.05. The van der Waals surface area contributed by atoms with E-state index in [1.165, 1.54) is 37.7 Å². The molecule has 30 heavy (non-hydrogen) atoms. The Bertz CT molecular complexity index is 632. The van der Waals surface area contributed by atoms with Gasteiger partial charge in [-0.15, -0.1) is 0 Å². The van der Waals surface area contributed by atoms with Crippen LogP contribution in [0.1, 0.15) is 58.8 Å². The maximum Gasteiger partial charge on any atom is 0.135 e. The summed E-state index contributed by atoms with van der Waals surface area (Å²) in [6.45, 7) is 15.0. The molecule has 6 heteroatoms. The number of rotatable bonds is 9. The maximum atomic E-state index is 4.80. The van der Waals surface area contributed by atoms with Gasteiger partial charge in [0.25, 0.3) is 0 Å². The molecule has 2 aliphatic rings. The summed E-state index contributed by atoms with van der Waals surface area (Å²) in [5.41, 5.74) is 2.38. The SMILES string of the molecule is C=CNC(=N/CNC1CCN(SC)CC1)/C(=C\N=C)/C=C(/C)C1CCCCC(C)C1. The third-order valence-corrected chi connectivity index (χ3v) is 7.17. The van der Waals surface area contributed by atoms with E-state index in [1.54, 1.807) is 12.4 Å². The summed E-state index contributed by atoms with van der Waals surface area (Å²) in [6, 6.07) is 0.525. The molecule has 2 fully saturated rings. The predicted octanol–water partition coefficient (Wildman–Crippen LogP) is 5.15. The molecule has 1 aliphatic heterocycles. The first-order valence-corrected chi connectivity index (χ1v) is 12.5. The van der Waals surface area contributed by atoms with Crippen LogP contribution < -0.4 is 10.6 Å². The molecule has 0 spiro atoms. The molecule has 0 radical (unpaired) electrons. The van der Waals surface area contributed by atoms with Gasteiger partial charge in [0.15, 0.2) is 0 Å². The molecule has 2 unspecified atom stereocenters. The second-order valence-electron chi connectivity index (χ2n) is 8.58. The van der Waals surface area contributed by atoms with Crippen LogP contribution in [0, 0.1) is 11.8 Å². The minimum absolute atomic E-state index is 0.525. The summed E-state index contributed by atoms with van der Waals surface area (Å²) in [5.74, 6) is 2.24. The minimum atomic E-state index is 0.525. The number of amidine groups is 1. The molecule has 1 saturated heterocycles. The molecule has 0 aromatic rings. The van der Waals surface area contributed by atoms with Gasteiger partial charge >= 0.3 is 0 Å². The third kappa shape index (κ3) is 8.40. The average molecular weight is 432 g/mol. The van der Waals surface area contributed by atoms with Crippen molar-refractivity contribution >= 4 is 24.5 Å². The van der Waals surface area contributed by atoms with E-state index in [4.69, 9.17) is 4.99 Å². The average Bonchev–Trinajstić information content (AvgIpc) is 2.98. The highest BCUT2D eigenvalue weighted by Gasteiger charge is 2.20. The zero-order valence-corrected chi connectivity index (χ0v) is 20.0. The molecule has 168 valence electrons. The van der Waals surface area contributed by atoms with Gasteiger partial charge in [-0.3, -0.25) is 19.6 Å². The first-order valence-electron chi connectivity index (χ1n) is 11.4. The van der Waals surface area contributed by atoms with E-state index in [9.17, 15) is 0 Å². The number of nitrogens with zero attached hydrogens (tertiary/aromatic N) is 3. The summed E-state index contributed by atoms with van der Waals surface area (Å²) in [6.07, 6.45) is 16.8. The molecule has 2 rings (SSSR count). The molecule has 0 bridgehead atoms. The van der Waals surface area contributed by atoms with Crippen LogP contribution in [0.4, 0.5) is 0 Å². The Kier molecular flexibility index (Phi) is 11.5. The van der Waals surface area contributed by atoms with Gasteiger partial charge in [0.05, 0.1) is 6.67 Å². The number of piperidine rings is 1. The fraction of sp³-hybridized carbons (Fsp3) is 0.667. The van der Waals surface area contributed by atoms with Crippen molar-refractivity contribution < 1.29 is 0 Å². The number of hydrogen-bond donors (Lipinski definition) is 2. The van der Waals surface area contributed by atoms with E-state index in [0.29, 0.717) is 18.6 Å². The molecule has 0 aromatic carbocycles. The number of hydrogen-bond acceptors (Lipinski definition) is 5. The highest BCUT2D eigenvalue weighted by atomic mass is 32.2. The zero-order valence-electron chi connectivity index (χ0n) is 19.2. The van der Waals surface area contributed by atoms with E-state index in [2.05, 4.69) is 59.4 Å². The van der Waals surface area contributed by atoms with Crippen molar-refractivity contribution in [3.05, 3.63) is 36.2 Å². The van der Waals surface area contributed by atoms with Crippen LogP contribution in [-0.2, 0) is 0 Å². The quantitative estimate of drug-likeness (QED) is 0.174. The van der Waals surface area contributed by atoms with Gasteiger partial charge in [0.1, 0.15) is 5.84 Å². The number of nitrogens with one attached hydrogen (secondary N) is 2. The zero-order chi connectivity index (χ0) is 21.8. The van der Waals surface area contributed by atoms with Gasteiger partial charge in [-0.25, -0.2) is 0 Å². The van der Waals surface area contributed by atoms with Crippen molar-refractivity contribution in [2.24, 2.45) is 21.8 Å². The molecule has 1 saturated carbocycles. The van der Waals surface area contributed by atoms with Crippen LogP contribution in [0.15, 0.2) is 46.2 Å². The first-order chi connectivity index (χ1) is 14.6. The van der Waals surface area contributed by atoms with Crippen LogP contribution in [0.3, 0.4) is 0 Å². The van der Waals surface area contributed by atoms with Gasteiger partial charge in [-0.2, -0.15) is 0 Å². The van der Waals surface area contributed by atoms with Crippen molar-refractivity contribution in [3.8, 4) is 0 Å². The van der Waals surface area contributed by atoms with Crippen molar-refractivity contribution in [2.45, 2.75) is 64.8 Å². The van der Waals surface area contributed by atoms with Gasteiger partial charge < -0.3 is 5.32 Å². The topological polar surface area (TPSA) is 52.0 Å². The van der Waals surface area contributed by atoms with E-state index in [1.807, 2.05) is 11.9 Å². The molecular weight excluding hydrogens is 390 g/mol. The fourth-order valence-corrected chi connectivity index (χ4v) is 5.04. The maximum absolute atomic E-state index is 4.80. The van der Waals surface area contributed by atoms with Gasteiger partial charge in [0, 0.05) is 30.9 Å². The van der Waals surface area contributed by atoms with E-state index in [-0.39, 0.29) is 0 Å². The highest BCUT2D eigenvalue weighted by molar-refractivity contribution is 7.96. The Labute approximate surface area is 188 Å². The summed E-state index contributed by atoms with van der Waals surface area (Å²) in [4.78, 5) is 8.85. The second-order valence-corrected chi connectivity index (χ2v) is 9.46. The highest BCUT2D eigenvalue weighted by Crippen LogP contribution is 2.32. The molecular formula is C24H41N5S. The van der Waals surface area contributed by atoms with Crippen LogP contribution in [0.2, 0.25) is 0 Å². The first kappa shape index (κ1) is 24.9. The third-order valence-electron chi connectivity index (χ3n) is 6.29. The monoisotopic (exact) mass is 431 g/mol. The van der Waals surface area contributed by atoms with Crippen molar-refractivity contribution in [1.82, 2.24) is 14.9 Å². The van der Waals surface area contributed by atoms with Gasteiger partial charge in [-0.1, -0.05) is 56.4 Å². The van der Waals surface area contributed by atoms with Crippen LogP contribution >= 0.6 is 11.9 Å². The lowest BCUT2D eigenvalue weighted by Gasteiger charge is -2.30. The lowest BCUT2D eigenvalue weighted by Crippen LogP contribution is -2.40. The van der Waals surface area contributed by atoms with Gasteiger partial charge in [-0.05, 0) is 63.6 Å². The molecule has 0 aromatic heterocycles. The molecule has 1 heterocycles. The summed E-state index contributed by atoms with van der Waals surface area (Å²) >= 11 is 1.84. The summed E-state index contributed by atoms with van der Waals surface area (Å²) < 4.78 is 2.42. The number of aliphatic imine (C=N–C) groups is 2. The molecule has 1 aliphatic carbocycles. The van der Waals surface area contributed by atoms with Crippen molar-refractivity contribution in [2.75, 3.05) is 26.0 Å². The Morgan fingerprint density at radius 1 is 1.20 bits per heavy atom. The smallest absolute Gasteiger partial charge is 0.135 e. The Morgan fingerprint density at radius 2 is 1.93 bits per heavy atom. The summed E-state index contributed by atoms with van der Waals surface area (Å²) in [7, 11) is 0. The molecule has 0 amide bonds. The normalized spacial score (nSPS) is 25.6. The standard InChI is InChI=1S/C24H41N5S/c1-6-26-24(28-18-27-23-11-13-29(30-5)14-12-23)22(17-25-4)16-20(3)21-10-8-7-9-19(2)15-21/h6,16-17,19,21,23,27H,1,4,7-15,18H2,2-3,5H3,(H,26,28)/b20-16-,22-17-. The van der Waals surface area contributed by atoms with Crippen LogP contribution in [0.5, 0.6) is 0 Å². The molecule has 2 atom stereocenters. The van der Waals surface area contributed by atoms with Gasteiger partial charge in [0.2, 0.25) is 0 Å². The van der Waals surface area contributed by atoms with E-state index in [0.717, 1.165) is 43.3 Å². The lowest BCUT2D eigenvalue weighted by atomic mass is 9.88. The largest absolute Gasteiger partial charge is 0.347 e. The molecule has 2 N–H and O–H groups in total. The Hall–Kier alpha value is -1.37. The van der Waals surface area contributed by atoms with Crippen molar-refractivity contribution in [1.29, 1.82) is 0 Å². The minimum Gasteiger partial charge on any atom is -0.347 e. The fourth-order valence-electron chi connectivity index (χ4n) is 4.46. The predicted molar refractivity (Wildman–Crippen MR) is 134 cm³/mol. The van der Waals surface area contributed by atoms with E-state index < -0.39 is 0 Å². The van der Waals surface area contributed by atoms with Crippen LogP contribution in [0.25, 0.3) is 0 Å². The number of allylic oxidation sites excluding steroid dienone is 1. The lowest BCUT2D eigenvalue weighted by molar-refractivity contribution is 0.311. The summed E-state index contributed by atoms with van der Waals surface area (Å²) in [5, 5.41) is 6.80. The Morgan fingerprint density at radius 3 is 2.60 bits per heavy atom. The van der Waals surface area contributed by atoms with Crippen LogP contribution in [-0.4, -0.2) is 48.9 Å². The van der Waals surface area contributed by atoms with Crippen molar-refractivity contribution in [3.63, 3.8) is 0 Å². The molecule has 5 nitrogen and oxygen atoms in total.